The first-order chi connectivity index (χ1) is 5.25. The largest absolute Gasteiger partial charge is 0.396 e. The Labute approximate surface area is 65.7 Å². The standard InChI is InChI=1S/C7H13N3O/c1-10-5-9-4-7(10)6(8)2-3-11/h4-6,11H,2-3,8H2,1H3. The lowest BCUT2D eigenvalue weighted by molar-refractivity contribution is 0.275. The summed E-state index contributed by atoms with van der Waals surface area (Å²) in [6.07, 6.45) is 4.01. The molecule has 0 saturated carbocycles. The summed E-state index contributed by atoms with van der Waals surface area (Å²) in [6, 6.07) is -0.104. The highest BCUT2D eigenvalue weighted by Crippen LogP contribution is 2.10. The van der Waals surface area contributed by atoms with E-state index in [0.717, 1.165) is 5.69 Å². The number of hydrogen-bond acceptors (Lipinski definition) is 3. The molecule has 62 valence electrons. The van der Waals surface area contributed by atoms with Crippen molar-refractivity contribution in [2.45, 2.75) is 12.5 Å². The fourth-order valence-corrected chi connectivity index (χ4v) is 1.01. The van der Waals surface area contributed by atoms with Crippen molar-refractivity contribution in [2.75, 3.05) is 6.61 Å². The summed E-state index contributed by atoms with van der Waals surface area (Å²) >= 11 is 0. The van der Waals surface area contributed by atoms with Crippen LogP contribution in [0.5, 0.6) is 0 Å². The van der Waals surface area contributed by atoms with E-state index in [-0.39, 0.29) is 12.6 Å². The molecule has 4 nitrogen and oxygen atoms in total. The van der Waals surface area contributed by atoms with E-state index in [4.69, 9.17) is 10.8 Å². The number of nitrogens with zero attached hydrogens (tertiary/aromatic N) is 2. The Kier molecular flexibility index (Phi) is 2.62. The first-order valence-electron chi connectivity index (χ1n) is 3.58. The summed E-state index contributed by atoms with van der Waals surface area (Å²) in [5, 5.41) is 8.62. The van der Waals surface area contributed by atoms with Crippen molar-refractivity contribution in [3.05, 3.63) is 18.2 Å². The zero-order valence-electron chi connectivity index (χ0n) is 6.57. The normalized spacial score (nSPS) is 13.4. The SMILES string of the molecule is Cn1cncc1C(N)CCO. The van der Waals surface area contributed by atoms with Gasteiger partial charge in [0.2, 0.25) is 0 Å². The molecule has 1 aromatic heterocycles. The van der Waals surface area contributed by atoms with Gasteiger partial charge in [-0.05, 0) is 6.42 Å². The number of rotatable bonds is 3. The molecule has 0 saturated heterocycles. The fourth-order valence-electron chi connectivity index (χ4n) is 1.01. The van der Waals surface area contributed by atoms with E-state index in [1.54, 1.807) is 12.5 Å². The van der Waals surface area contributed by atoms with Crippen LogP contribution in [-0.4, -0.2) is 21.3 Å². The van der Waals surface area contributed by atoms with E-state index >= 15 is 0 Å². The average Bonchev–Trinajstić information content (AvgIpc) is 2.36. The molecule has 1 heterocycles. The first kappa shape index (κ1) is 8.23. The summed E-state index contributed by atoms with van der Waals surface area (Å²) in [7, 11) is 1.89. The third kappa shape index (κ3) is 1.78. The molecule has 0 aliphatic rings. The molecule has 0 spiro atoms. The highest BCUT2D eigenvalue weighted by atomic mass is 16.3. The molecule has 3 N–H and O–H groups in total. The van der Waals surface area contributed by atoms with Crippen LogP contribution in [0.1, 0.15) is 18.2 Å². The Morgan fingerprint density at radius 1 is 1.82 bits per heavy atom. The van der Waals surface area contributed by atoms with E-state index in [9.17, 15) is 0 Å². The maximum Gasteiger partial charge on any atom is 0.0946 e. The van der Waals surface area contributed by atoms with Crippen LogP contribution in [0.15, 0.2) is 12.5 Å². The van der Waals surface area contributed by atoms with Crippen LogP contribution in [0.3, 0.4) is 0 Å². The van der Waals surface area contributed by atoms with Gasteiger partial charge in [-0.1, -0.05) is 0 Å². The smallest absolute Gasteiger partial charge is 0.0946 e. The van der Waals surface area contributed by atoms with Gasteiger partial charge in [0, 0.05) is 25.9 Å². The average molecular weight is 155 g/mol. The Morgan fingerprint density at radius 2 is 2.55 bits per heavy atom. The van der Waals surface area contributed by atoms with E-state index in [0.29, 0.717) is 6.42 Å². The molecule has 0 radical (unpaired) electrons. The summed E-state index contributed by atoms with van der Waals surface area (Å²) in [4.78, 5) is 3.93. The minimum Gasteiger partial charge on any atom is -0.396 e. The van der Waals surface area contributed by atoms with Crippen molar-refractivity contribution >= 4 is 0 Å². The number of aromatic nitrogens is 2. The second-order valence-electron chi connectivity index (χ2n) is 2.55. The molecular weight excluding hydrogens is 142 g/mol. The topological polar surface area (TPSA) is 64.1 Å². The number of aliphatic hydroxyl groups is 1. The van der Waals surface area contributed by atoms with Crippen molar-refractivity contribution in [2.24, 2.45) is 12.8 Å². The van der Waals surface area contributed by atoms with E-state index in [1.807, 2.05) is 11.6 Å². The number of nitrogens with two attached hydrogens (primary N) is 1. The number of aryl methyl sites for hydroxylation is 1. The predicted octanol–water partition coefficient (Wildman–Crippen LogP) is -0.198. The highest BCUT2D eigenvalue weighted by molar-refractivity contribution is 5.03. The van der Waals surface area contributed by atoms with Gasteiger partial charge < -0.3 is 15.4 Å². The van der Waals surface area contributed by atoms with Gasteiger partial charge in [-0.25, -0.2) is 4.98 Å². The first-order valence-corrected chi connectivity index (χ1v) is 3.58. The molecular formula is C7H13N3O. The van der Waals surface area contributed by atoms with Crippen LogP contribution < -0.4 is 5.73 Å². The number of hydrogen-bond donors (Lipinski definition) is 2. The summed E-state index contributed by atoms with van der Waals surface area (Å²) in [5.74, 6) is 0. The highest BCUT2D eigenvalue weighted by Gasteiger charge is 2.07. The number of imidazole rings is 1. The van der Waals surface area contributed by atoms with Gasteiger partial charge in [-0.3, -0.25) is 0 Å². The van der Waals surface area contributed by atoms with Gasteiger partial charge >= 0.3 is 0 Å². The van der Waals surface area contributed by atoms with Gasteiger partial charge in [-0.2, -0.15) is 0 Å². The van der Waals surface area contributed by atoms with Crippen molar-refractivity contribution in [1.29, 1.82) is 0 Å². The van der Waals surface area contributed by atoms with E-state index < -0.39 is 0 Å². The molecule has 11 heavy (non-hydrogen) atoms. The van der Waals surface area contributed by atoms with Crippen molar-refractivity contribution < 1.29 is 5.11 Å². The van der Waals surface area contributed by atoms with Gasteiger partial charge in [0.1, 0.15) is 0 Å². The second kappa shape index (κ2) is 3.50. The zero-order chi connectivity index (χ0) is 8.27. The molecule has 0 bridgehead atoms. The predicted molar refractivity (Wildman–Crippen MR) is 41.8 cm³/mol. The maximum atomic E-state index is 8.62. The van der Waals surface area contributed by atoms with Gasteiger partial charge in [0.15, 0.2) is 0 Å². The molecule has 0 amide bonds. The molecule has 1 atom stereocenters. The maximum absolute atomic E-state index is 8.62. The second-order valence-corrected chi connectivity index (χ2v) is 2.55. The fraction of sp³-hybridized carbons (Fsp3) is 0.571. The Bertz CT molecular complexity index is 221. The quantitative estimate of drug-likeness (QED) is 0.635. The lowest BCUT2D eigenvalue weighted by atomic mass is 10.2. The van der Waals surface area contributed by atoms with E-state index in [1.165, 1.54) is 0 Å². The van der Waals surface area contributed by atoms with Crippen LogP contribution in [-0.2, 0) is 7.05 Å². The molecule has 1 rings (SSSR count). The number of aliphatic hydroxyl groups excluding tert-OH is 1. The van der Waals surface area contributed by atoms with Gasteiger partial charge in [0.05, 0.1) is 12.0 Å². The molecule has 1 aromatic rings. The Balaban J connectivity index is 2.67. The minimum atomic E-state index is -0.104. The summed E-state index contributed by atoms with van der Waals surface area (Å²) in [5.41, 5.74) is 6.69. The Morgan fingerprint density at radius 3 is 3.00 bits per heavy atom. The third-order valence-corrected chi connectivity index (χ3v) is 1.67. The molecule has 0 aliphatic carbocycles. The van der Waals surface area contributed by atoms with Crippen LogP contribution in [0.2, 0.25) is 0 Å². The zero-order valence-corrected chi connectivity index (χ0v) is 6.57. The molecule has 1 unspecified atom stereocenters. The van der Waals surface area contributed by atoms with Crippen LogP contribution in [0, 0.1) is 0 Å². The van der Waals surface area contributed by atoms with Crippen LogP contribution in [0.4, 0.5) is 0 Å². The summed E-state index contributed by atoms with van der Waals surface area (Å²) < 4.78 is 1.86. The molecule has 0 aromatic carbocycles. The van der Waals surface area contributed by atoms with Crippen molar-refractivity contribution in [3.63, 3.8) is 0 Å². The summed E-state index contributed by atoms with van der Waals surface area (Å²) in [6.45, 7) is 0.117. The van der Waals surface area contributed by atoms with Crippen molar-refractivity contribution in [1.82, 2.24) is 9.55 Å². The molecule has 0 fully saturated rings. The van der Waals surface area contributed by atoms with Crippen LogP contribution in [0.25, 0.3) is 0 Å². The van der Waals surface area contributed by atoms with Crippen molar-refractivity contribution in [3.8, 4) is 0 Å². The third-order valence-electron chi connectivity index (χ3n) is 1.67. The Hall–Kier alpha value is -0.870. The monoisotopic (exact) mass is 155 g/mol. The molecule has 0 aliphatic heterocycles. The van der Waals surface area contributed by atoms with Gasteiger partial charge in [0.25, 0.3) is 0 Å². The van der Waals surface area contributed by atoms with E-state index in [2.05, 4.69) is 4.98 Å². The van der Waals surface area contributed by atoms with Crippen LogP contribution >= 0.6 is 0 Å². The lowest BCUT2D eigenvalue weighted by Gasteiger charge is -2.09. The minimum absolute atomic E-state index is 0.104. The van der Waals surface area contributed by atoms with Gasteiger partial charge in [-0.15, -0.1) is 0 Å². The lowest BCUT2D eigenvalue weighted by Crippen LogP contribution is -2.14. The molecule has 4 heteroatoms.